The average Bonchev–Trinajstić information content (AvgIpc) is 3.12. The number of benzene rings is 1. The van der Waals surface area contributed by atoms with Crippen molar-refractivity contribution in [2.45, 2.75) is 33.2 Å². The summed E-state index contributed by atoms with van der Waals surface area (Å²) in [5.74, 6) is 1.06. The molecule has 2 aromatic heterocycles. The van der Waals surface area contributed by atoms with E-state index >= 15 is 0 Å². The minimum atomic E-state index is -0.151. The summed E-state index contributed by atoms with van der Waals surface area (Å²) in [6.07, 6.45) is 4.66. The summed E-state index contributed by atoms with van der Waals surface area (Å²) in [5, 5.41) is 2.88. The molecule has 1 atom stereocenters. The molecule has 0 spiro atoms. The summed E-state index contributed by atoms with van der Waals surface area (Å²) in [6, 6.07) is 9.38. The molecule has 3 aromatic rings. The van der Waals surface area contributed by atoms with Crippen LogP contribution in [0.5, 0.6) is 11.5 Å². The first kappa shape index (κ1) is 19.5. The molecule has 1 aromatic carbocycles. The third-order valence-electron chi connectivity index (χ3n) is 4.43. The number of aromatic nitrogens is 2. The van der Waals surface area contributed by atoms with E-state index < -0.39 is 0 Å². The summed E-state index contributed by atoms with van der Waals surface area (Å²) in [4.78, 5) is 16.6. The highest BCUT2D eigenvalue weighted by atomic mass is 16.5. The Morgan fingerprint density at radius 1 is 1.25 bits per heavy atom. The number of nitrogens with two attached hydrogens (primary N) is 1. The average molecular weight is 382 g/mol. The predicted molar refractivity (Wildman–Crippen MR) is 110 cm³/mol. The number of anilines is 1. The number of amides is 1. The Morgan fingerprint density at radius 2 is 2.07 bits per heavy atom. The molecule has 2 heterocycles. The second-order valence-corrected chi connectivity index (χ2v) is 6.58. The number of carbonyl (C=O) groups is 1. The van der Waals surface area contributed by atoms with E-state index in [9.17, 15) is 4.79 Å². The van der Waals surface area contributed by atoms with Gasteiger partial charge in [0.25, 0.3) is 5.91 Å². The molecule has 148 valence electrons. The normalized spacial score (nSPS) is 12.0. The first-order valence-electron chi connectivity index (χ1n) is 9.44. The summed E-state index contributed by atoms with van der Waals surface area (Å²) < 4.78 is 13.1. The van der Waals surface area contributed by atoms with Crippen LogP contribution in [0.25, 0.3) is 16.9 Å². The molecule has 0 aliphatic heterocycles. The Bertz CT molecular complexity index is 967. The maximum atomic E-state index is 12.0. The second-order valence-electron chi connectivity index (χ2n) is 6.58. The van der Waals surface area contributed by atoms with Gasteiger partial charge in [-0.2, -0.15) is 0 Å². The van der Waals surface area contributed by atoms with Gasteiger partial charge in [-0.1, -0.05) is 6.92 Å². The van der Waals surface area contributed by atoms with Crippen LogP contribution in [0.4, 0.5) is 5.69 Å². The highest BCUT2D eigenvalue weighted by Crippen LogP contribution is 2.29. The first-order valence-corrected chi connectivity index (χ1v) is 9.44. The number of carbonyl (C=O) groups excluding carboxylic acids is 1. The van der Waals surface area contributed by atoms with Gasteiger partial charge < -0.3 is 24.9 Å². The number of rotatable bonds is 8. The molecule has 3 N–H and O–H groups in total. The van der Waals surface area contributed by atoms with Crippen LogP contribution in [-0.2, 0) is 4.79 Å². The van der Waals surface area contributed by atoms with Gasteiger partial charge >= 0.3 is 0 Å². The maximum absolute atomic E-state index is 12.0. The Balaban J connectivity index is 1.81. The highest BCUT2D eigenvalue weighted by molar-refractivity contribution is 5.78. The van der Waals surface area contributed by atoms with Gasteiger partial charge in [0.1, 0.15) is 5.75 Å². The Kier molecular flexibility index (Phi) is 6.03. The van der Waals surface area contributed by atoms with E-state index in [-0.39, 0.29) is 18.6 Å². The SMILES string of the molecule is CCOc1ccc(-c2cn3cccc(OCC(=O)NC(C)CC)c3n2)cc1N. The smallest absolute Gasteiger partial charge is 0.258 e. The number of fused-ring (bicyclic) bond motifs is 1. The molecule has 7 nitrogen and oxygen atoms in total. The van der Waals surface area contributed by atoms with E-state index in [0.29, 0.717) is 29.4 Å². The van der Waals surface area contributed by atoms with Crippen molar-refractivity contribution in [2.24, 2.45) is 0 Å². The molecule has 7 heteroatoms. The zero-order valence-corrected chi connectivity index (χ0v) is 16.4. The van der Waals surface area contributed by atoms with Crippen LogP contribution in [0.3, 0.4) is 0 Å². The van der Waals surface area contributed by atoms with Crippen molar-refractivity contribution in [3.8, 4) is 22.8 Å². The monoisotopic (exact) mass is 382 g/mol. The Hall–Kier alpha value is -3.22. The number of hydrogen-bond donors (Lipinski definition) is 2. The molecule has 0 radical (unpaired) electrons. The van der Waals surface area contributed by atoms with Crippen LogP contribution in [0.15, 0.2) is 42.7 Å². The van der Waals surface area contributed by atoms with Crippen molar-refractivity contribution in [1.29, 1.82) is 0 Å². The van der Waals surface area contributed by atoms with Crippen LogP contribution in [-0.4, -0.2) is 34.5 Å². The number of imidazole rings is 1. The number of hydrogen-bond acceptors (Lipinski definition) is 5. The highest BCUT2D eigenvalue weighted by Gasteiger charge is 2.12. The molecule has 3 rings (SSSR count). The lowest BCUT2D eigenvalue weighted by Crippen LogP contribution is -2.35. The van der Waals surface area contributed by atoms with E-state index in [1.165, 1.54) is 0 Å². The Morgan fingerprint density at radius 3 is 2.79 bits per heavy atom. The molecule has 1 amide bonds. The molecule has 0 saturated carbocycles. The third-order valence-corrected chi connectivity index (χ3v) is 4.43. The largest absolute Gasteiger partial charge is 0.492 e. The summed E-state index contributed by atoms with van der Waals surface area (Å²) >= 11 is 0. The summed E-state index contributed by atoms with van der Waals surface area (Å²) in [7, 11) is 0. The van der Waals surface area contributed by atoms with Crippen molar-refractivity contribution in [2.75, 3.05) is 18.9 Å². The van der Waals surface area contributed by atoms with Gasteiger partial charge in [0, 0.05) is 24.0 Å². The number of nitrogens with zero attached hydrogens (tertiary/aromatic N) is 2. The quantitative estimate of drug-likeness (QED) is 0.584. The van der Waals surface area contributed by atoms with Crippen LogP contribution in [0.1, 0.15) is 27.2 Å². The number of nitrogens with one attached hydrogen (secondary N) is 1. The lowest BCUT2D eigenvalue weighted by atomic mass is 10.1. The van der Waals surface area contributed by atoms with Crippen molar-refractivity contribution < 1.29 is 14.3 Å². The van der Waals surface area contributed by atoms with Gasteiger partial charge in [0.2, 0.25) is 0 Å². The van der Waals surface area contributed by atoms with Crippen molar-refractivity contribution >= 4 is 17.2 Å². The van der Waals surface area contributed by atoms with Crippen molar-refractivity contribution in [3.05, 3.63) is 42.7 Å². The van der Waals surface area contributed by atoms with Gasteiger partial charge in [0.05, 0.1) is 18.0 Å². The molecule has 0 bridgehead atoms. The van der Waals surface area contributed by atoms with Gasteiger partial charge in [-0.15, -0.1) is 0 Å². The van der Waals surface area contributed by atoms with Crippen LogP contribution in [0.2, 0.25) is 0 Å². The van der Waals surface area contributed by atoms with Gasteiger partial charge in [-0.25, -0.2) is 4.98 Å². The van der Waals surface area contributed by atoms with E-state index in [1.54, 1.807) is 6.07 Å². The molecule has 1 unspecified atom stereocenters. The topological polar surface area (TPSA) is 90.9 Å². The number of nitrogen functional groups attached to an aromatic ring is 1. The molecular formula is C21H26N4O3. The molecule has 0 aliphatic rings. The number of ether oxygens (including phenoxy) is 2. The van der Waals surface area contributed by atoms with Crippen molar-refractivity contribution in [3.63, 3.8) is 0 Å². The molecular weight excluding hydrogens is 356 g/mol. The second kappa shape index (κ2) is 8.65. The van der Waals surface area contributed by atoms with E-state index in [0.717, 1.165) is 17.7 Å². The minimum absolute atomic E-state index is 0.0534. The van der Waals surface area contributed by atoms with Crippen LogP contribution in [0, 0.1) is 0 Å². The van der Waals surface area contributed by atoms with E-state index in [1.807, 2.05) is 61.8 Å². The number of pyridine rings is 1. The fourth-order valence-corrected chi connectivity index (χ4v) is 2.80. The zero-order chi connectivity index (χ0) is 20.1. The van der Waals surface area contributed by atoms with Gasteiger partial charge in [0.15, 0.2) is 18.0 Å². The summed E-state index contributed by atoms with van der Waals surface area (Å²) in [6.45, 7) is 6.40. The van der Waals surface area contributed by atoms with Crippen molar-refractivity contribution in [1.82, 2.24) is 14.7 Å². The fraction of sp³-hybridized carbons (Fsp3) is 0.333. The van der Waals surface area contributed by atoms with E-state index in [2.05, 4.69) is 10.3 Å². The van der Waals surface area contributed by atoms with Gasteiger partial charge in [-0.3, -0.25) is 4.79 Å². The lowest BCUT2D eigenvalue weighted by Gasteiger charge is -2.12. The zero-order valence-electron chi connectivity index (χ0n) is 16.4. The summed E-state index contributed by atoms with van der Waals surface area (Å²) in [5.41, 5.74) is 8.92. The lowest BCUT2D eigenvalue weighted by molar-refractivity contribution is -0.123. The van der Waals surface area contributed by atoms with Crippen LogP contribution < -0.4 is 20.5 Å². The van der Waals surface area contributed by atoms with Crippen LogP contribution >= 0.6 is 0 Å². The standard InChI is InChI=1S/C21H26N4O3/c1-4-14(3)23-20(26)13-28-19-7-6-10-25-12-17(24-21(19)25)15-8-9-18(27-5-2)16(22)11-15/h6-12,14H,4-5,13,22H2,1-3H3,(H,23,26). The fourth-order valence-electron chi connectivity index (χ4n) is 2.80. The molecule has 0 aliphatic carbocycles. The van der Waals surface area contributed by atoms with Gasteiger partial charge in [-0.05, 0) is 50.6 Å². The molecule has 0 fully saturated rings. The maximum Gasteiger partial charge on any atom is 0.258 e. The predicted octanol–water partition coefficient (Wildman–Crippen LogP) is 3.28. The molecule has 28 heavy (non-hydrogen) atoms. The minimum Gasteiger partial charge on any atom is -0.492 e. The third kappa shape index (κ3) is 4.36. The molecule has 0 saturated heterocycles. The first-order chi connectivity index (χ1) is 13.5. The van der Waals surface area contributed by atoms with E-state index in [4.69, 9.17) is 15.2 Å². The Labute approximate surface area is 164 Å².